The van der Waals surface area contributed by atoms with Crippen molar-refractivity contribution in [1.29, 1.82) is 0 Å². The predicted molar refractivity (Wildman–Crippen MR) is 101 cm³/mol. The Morgan fingerprint density at radius 2 is 1.76 bits per heavy atom. The van der Waals surface area contributed by atoms with E-state index in [1.54, 1.807) is 35.7 Å². The first-order valence-corrected chi connectivity index (χ1v) is 8.75. The molecule has 0 aliphatic carbocycles. The quantitative estimate of drug-likeness (QED) is 0.591. The molecule has 0 bridgehead atoms. The number of benzene rings is 2. The summed E-state index contributed by atoms with van der Waals surface area (Å²) in [5.41, 5.74) is 3.36. The number of fused-ring (bicyclic) bond motifs is 1. The number of aromatic nitrogens is 2. The number of carbonyl (C=O) groups excluding carboxylic acids is 1. The van der Waals surface area contributed by atoms with Crippen molar-refractivity contribution in [3.8, 4) is 0 Å². The van der Waals surface area contributed by atoms with Gasteiger partial charge in [0.05, 0.1) is 15.2 Å². The van der Waals surface area contributed by atoms with E-state index in [0.29, 0.717) is 5.69 Å². The van der Waals surface area contributed by atoms with Crippen LogP contribution >= 0.6 is 11.3 Å². The normalized spacial score (nSPS) is 10.7. The minimum atomic E-state index is -0.209. The summed E-state index contributed by atoms with van der Waals surface area (Å²) in [5.74, 6) is -0.209. The highest BCUT2D eigenvalue weighted by Gasteiger charge is 2.07. The van der Waals surface area contributed by atoms with Crippen molar-refractivity contribution >= 4 is 33.1 Å². The van der Waals surface area contributed by atoms with Crippen LogP contribution in [0.5, 0.6) is 0 Å². The molecular formula is C20H15N3OS. The molecular weight excluding hydrogens is 330 g/mol. The number of para-hydroxylation sites is 1. The van der Waals surface area contributed by atoms with Crippen molar-refractivity contribution in [2.45, 2.75) is 6.42 Å². The highest BCUT2D eigenvalue weighted by atomic mass is 32.1. The maximum absolute atomic E-state index is 12.1. The third kappa shape index (κ3) is 3.56. The van der Waals surface area contributed by atoms with Crippen molar-refractivity contribution in [3.05, 3.63) is 89.2 Å². The molecule has 0 fully saturated rings. The Balaban J connectivity index is 1.45. The van der Waals surface area contributed by atoms with Gasteiger partial charge in [0.15, 0.2) is 0 Å². The standard InChI is InChI=1S/C20H15N3OS/c24-20(17-6-3-4-12-21-17)22-15-10-8-14(9-11-15)13-19-23-16-5-1-2-7-18(16)25-19/h1-12H,13H2,(H,22,24). The molecule has 0 unspecified atom stereocenters. The van der Waals surface area contributed by atoms with E-state index in [0.717, 1.165) is 28.2 Å². The Bertz CT molecular complexity index is 977. The number of rotatable bonds is 4. The molecule has 2 aromatic carbocycles. The predicted octanol–water partition coefficient (Wildman–Crippen LogP) is 4.53. The number of amides is 1. The van der Waals surface area contributed by atoms with Crippen LogP contribution in [-0.2, 0) is 6.42 Å². The Morgan fingerprint density at radius 1 is 0.960 bits per heavy atom. The van der Waals surface area contributed by atoms with Crippen LogP contribution in [-0.4, -0.2) is 15.9 Å². The van der Waals surface area contributed by atoms with E-state index < -0.39 is 0 Å². The first-order chi connectivity index (χ1) is 12.3. The second-order valence-electron chi connectivity index (χ2n) is 5.62. The van der Waals surface area contributed by atoms with Crippen LogP contribution in [0.2, 0.25) is 0 Å². The molecule has 0 aliphatic rings. The van der Waals surface area contributed by atoms with Gasteiger partial charge in [0.2, 0.25) is 0 Å². The van der Waals surface area contributed by atoms with E-state index in [9.17, 15) is 4.79 Å². The van der Waals surface area contributed by atoms with E-state index in [1.165, 1.54) is 4.70 Å². The van der Waals surface area contributed by atoms with E-state index in [2.05, 4.69) is 21.4 Å². The maximum Gasteiger partial charge on any atom is 0.274 e. The lowest BCUT2D eigenvalue weighted by Gasteiger charge is -2.05. The van der Waals surface area contributed by atoms with Crippen molar-refractivity contribution in [2.24, 2.45) is 0 Å². The SMILES string of the molecule is O=C(Nc1ccc(Cc2nc3ccccc3s2)cc1)c1ccccn1. The van der Waals surface area contributed by atoms with Gasteiger partial charge < -0.3 is 5.32 Å². The topological polar surface area (TPSA) is 54.9 Å². The average molecular weight is 345 g/mol. The second-order valence-corrected chi connectivity index (χ2v) is 6.73. The van der Waals surface area contributed by atoms with Gasteiger partial charge in [-0.05, 0) is 42.0 Å². The van der Waals surface area contributed by atoms with Crippen LogP contribution in [0.3, 0.4) is 0 Å². The monoisotopic (exact) mass is 345 g/mol. The largest absolute Gasteiger partial charge is 0.321 e. The lowest BCUT2D eigenvalue weighted by molar-refractivity contribution is 0.102. The molecule has 25 heavy (non-hydrogen) atoms. The number of thiazole rings is 1. The van der Waals surface area contributed by atoms with Gasteiger partial charge in [-0.2, -0.15) is 0 Å². The third-order valence-electron chi connectivity index (χ3n) is 3.80. The zero-order valence-corrected chi connectivity index (χ0v) is 14.2. The van der Waals surface area contributed by atoms with Crippen LogP contribution in [0.4, 0.5) is 5.69 Å². The molecule has 4 nitrogen and oxygen atoms in total. The first kappa shape index (κ1) is 15.5. The van der Waals surface area contributed by atoms with Gasteiger partial charge in [-0.15, -0.1) is 11.3 Å². The molecule has 0 spiro atoms. The van der Waals surface area contributed by atoms with Crippen LogP contribution in [0, 0.1) is 0 Å². The van der Waals surface area contributed by atoms with Gasteiger partial charge in [-0.25, -0.2) is 4.98 Å². The summed E-state index contributed by atoms with van der Waals surface area (Å²) in [7, 11) is 0. The summed E-state index contributed by atoms with van der Waals surface area (Å²) in [6.45, 7) is 0. The molecule has 2 heterocycles. The van der Waals surface area contributed by atoms with Crippen LogP contribution in [0.25, 0.3) is 10.2 Å². The zero-order chi connectivity index (χ0) is 17.1. The molecule has 122 valence electrons. The Morgan fingerprint density at radius 3 is 2.52 bits per heavy atom. The van der Waals surface area contributed by atoms with E-state index in [1.807, 2.05) is 42.5 Å². The highest BCUT2D eigenvalue weighted by Crippen LogP contribution is 2.24. The van der Waals surface area contributed by atoms with Crippen molar-refractivity contribution in [3.63, 3.8) is 0 Å². The zero-order valence-electron chi connectivity index (χ0n) is 13.3. The summed E-state index contributed by atoms with van der Waals surface area (Å²) < 4.78 is 1.21. The van der Waals surface area contributed by atoms with E-state index >= 15 is 0 Å². The molecule has 5 heteroatoms. The molecule has 1 N–H and O–H groups in total. The minimum Gasteiger partial charge on any atom is -0.321 e. The van der Waals surface area contributed by atoms with Gasteiger partial charge in [0.25, 0.3) is 5.91 Å². The lowest BCUT2D eigenvalue weighted by Crippen LogP contribution is -2.13. The maximum atomic E-state index is 12.1. The number of carbonyl (C=O) groups is 1. The molecule has 4 rings (SSSR count). The number of pyridine rings is 1. The van der Waals surface area contributed by atoms with Crippen molar-refractivity contribution < 1.29 is 4.79 Å². The number of anilines is 1. The van der Waals surface area contributed by atoms with Crippen molar-refractivity contribution in [1.82, 2.24) is 9.97 Å². The Labute approximate surface area is 149 Å². The third-order valence-corrected chi connectivity index (χ3v) is 4.84. The van der Waals surface area contributed by atoms with Crippen LogP contribution in [0.15, 0.2) is 72.9 Å². The summed E-state index contributed by atoms with van der Waals surface area (Å²) in [5, 5.41) is 3.95. The summed E-state index contributed by atoms with van der Waals surface area (Å²) in [6.07, 6.45) is 2.39. The fourth-order valence-electron chi connectivity index (χ4n) is 2.57. The summed E-state index contributed by atoms with van der Waals surface area (Å²) >= 11 is 1.72. The lowest BCUT2D eigenvalue weighted by atomic mass is 10.1. The molecule has 0 radical (unpaired) electrons. The second kappa shape index (κ2) is 6.83. The highest BCUT2D eigenvalue weighted by molar-refractivity contribution is 7.18. The molecule has 0 atom stereocenters. The fourth-order valence-corrected chi connectivity index (χ4v) is 3.57. The number of hydrogen-bond acceptors (Lipinski definition) is 4. The van der Waals surface area contributed by atoms with Gasteiger partial charge in [-0.1, -0.05) is 30.3 Å². The number of hydrogen-bond donors (Lipinski definition) is 1. The average Bonchev–Trinajstić information content (AvgIpc) is 3.06. The van der Waals surface area contributed by atoms with E-state index in [4.69, 9.17) is 0 Å². The number of nitrogens with one attached hydrogen (secondary N) is 1. The van der Waals surface area contributed by atoms with Crippen LogP contribution in [0.1, 0.15) is 21.1 Å². The van der Waals surface area contributed by atoms with Gasteiger partial charge >= 0.3 is 0 Å². The fraction of sp³-hybridized carbons (Fsp3) is 0.0500. The summed E-state index contributed by atoms with van der Waals surface area (Å²) in [4.78, 5) is 20.8. The van der Waals surface area contributed by atoms with Gasteiger partial charge in [-0.3, -0.25) is 9.78 Å². The molecule has 4 aromatic rings. The minimum absolute atomic E-state index is 0.209. The van der Waals surface area contributed by atoms with Gasteiger partial charge in [0.1, 0.15) is 5.69 Å². The Hall–Kier alpha value is -3.05. The molecule has 0 saturated heterocycles. The molecule has 1 amide bonds. The van der Waals surface area contributed by atoms with E-state index in [-0.39, 0.29) is 5.91 Å². The smallest absolute Gasteiger partial charge is 0.274 e. The number of nitrogens with zero attached hydrogens (tertiary/aromatic N) is 2. The van der Waals surface area contributed by atoms with Crippen molar-refractivity contribution in [2.75, 3.05) is 5.32 Å². The molecule has 0 aliphatic heterocycles. The first-order valence-electron chi connectivity index (χ1n) is 7.94. The van der Waals surface area contributed by atoms with Crippen LogP contribution < -0.4 is 5.32 Å². The molecule has 0 saturated carbocycles. The molecule has 2 aromatic heterocycles. The Kier molecular flexibility index (Phi) is 4.23. The van der Waals surface area contributed by atoms with Gasteiger partial charge in [0, 0.05) is 18.3 Å². The summed E-state index contributed by atoms with van der Waals surface area (Å²) in [6, 6.07) is 21.3.